The Kier molecular flexibility index (Phi) is 6.40. The Balaban J connectivity index is 1.38. The van der Waals surface area contributed by atoms with Crippen LogP contribution in [0.2, 0.25) is 0 Å². The van der Waals surface area contributed by atoms with Gasteiger partial charge in [-0.15, -0.1) is 0 Å². The third-order valence-corrected chi connectivity index (χ3v) is 7.19. The summed E-state index contributed by atoms with van der Waals surface area (Å²) in [5.41, 5.74) is 7.84. The Bertz CT molecular complexity index is 1800. The van der Waals surface area contributed by atoms with Crippen molar-refractivity contribution in [1.82, 2.24) is 9.97 Å². The minimum Gasteiger partial charge on any atom is -0.369 e. The van der Waals surface area contributed by atoms with Crippen molar-refractivity contribution in [1.29, 1.82) is 0 Å². The van der Waals surface area contributed by atoms with Crippen molar-refractivity contribution in [2.75, 3.05) is 4.90 Å². The van der Waals surface area contributed by atoms with Gasteiger partial charge in [0, 0.05) is 33.5 Å². The first-order valence-corrected chi connectivity index (χ1v) is 13.6. The van der Waals surface area contributed by atoms with E-state index in [2.05, 4.69) is 24.3 Å². The Labute approximate surface area is 238 Å². The van der Waals surface area contributed by atoms with E-state index in [0.717, 1.165) is 50.6 Å². The van der Waals surface area contributed by atoms with Crippen molar-refractivity contribution >= 4 is 17.2 Å². The highest BCUT2D eigenvalue weighted by atomic mass is 16.3. The number of nitrogens with zero attached hydrogens (tertiary/aromatic N) is 4. The summed E-state index contributed by atoms with van der Waals surface area (Å²) in [6.07, 6.45) is -0.882. The summed E-state index contributed by atoms with van der Waals surface area (Å²) in [7, 11) is 0. The molecule has 0 saturated carbocycles. The number of aliphatic imine (C=N–C) groups is 1. The molecule has 0 spiro atoms. The van der Waals surface area contributed by atoms with Gasteiger partial charge in [-0.25, -0.2) is 15.0 Å². The van der Waals surface area contributed by atoms with Gasteiger partial charge >= 0.3 is 0 Å². The molecule has 41 heavy (non-hydrogen) atoms. The predicted molar refractivity (Wildman–Crippen MR) is 165 cm³/mol. The second kappa shape index (κ2) is 10.6. The van der Waals surface area contributed by atoms with Crippen LogP contribution in [0, 0.1) is 0 Å². The van der Waals surface area contributed by atoms with Crippen molar-refractivity contribution in [2.45, 2.75) is 6.23 Å². The number of rotatable bonds is 5. The largest absolute Gasteiger partial charge is 0.369 e. The number of aliphatic hydroxyl groups is 1. The van der Waals surface area contributed by atoms with Gasteiger partial charge in [0.2, 0.25) is 0 Å². The van der Waals surface area contributed by atoms with Crippen LogP contribution in [0.5, 0.6) is 0 Å². The zero-order chi connectivity index (χ0) is 27.6. The number of hydrogen-bond acceptors (Lipinski definition) is 5. The number of fused-ring (bicyclic) bond motifs is 1. The third kappa shape index (κ3) is 4.80. The van der Waals surface area contributed by atoms with Gasteiger partial charge in [0.1, 0.15) is 5.84 Å². The minimum atomic E-state index is -0.882. The standard InChI is InChI=1S/C36H26N4O/c41-36-30-21-10-11-22-31(30)39-35(40(36)29-19-8-3-9-20-29)28-18-12-17-27(23-28)34-37-32(25-13-4-1-5-14-25)24-33(38-34)26-15-6-2-7-16-26/h1-24,36,41H. The van der Waals surface area contributed by atoms with E-state index in [1.165, 1.54) is 0 Å². The van der Waals surface area contributed by atoms with E-state index < -0.39 is 6.23 Å². The van der Waals surface area contributed by atoms with Gasteiger partial charge in [-0.3, -0.25) is 4.90 Å². The van der Waals surface area contributed by atoms with E-state index in [9.17, 15) is 5.11 Å². The molecule has 1 unspecified atom stereocenters. The van der Waals surface area contributed by atoms with Crippen molar-refractivity contribution in [2.24, 2.45) is 4.99 Å². The summed E-state index contributed by atoms with van der Waals surface area (Å²) in [5.74, 6) is 1.28. The summed E-state index contributed by atoms with van der Waals surface area (Å²) in [4.78, 5) is 16.9. The fourth-order valence-electron chi connectivity index (χ4n) is 5.17. The number of para-hydroxylation sites is 2. The van der Waals surface area contributed by atoms with E-state index in [0.29, 0.717) is 11.7 Å². The van der Waals surface area contributed by atoms with E-state index in [1.807, 2.05) is 126 Å². The average Bonchev–Trinajstić information content (AvgIpc) is 3.06. The molecule has 1 atom stereocenters. The topological polar surface area (TPSA) is 61.6 Å². The van der Waals surface area contributed by atoms with Gasteiger partial charge in [-0.05, 0) is 30.3 Å². The van der Waals surface area contributed by atoms with Crippen molar-refractivity contribution in [3.05, 3.63) is 157 Å². The summed E-state index contributed by atoms with van der Waals surface area (Å²) >= 11 is 0. The first kappa shape index (κ1) is 24.6. The molecule has 0 bridgehead atoms. The number of amidine groups is 1. The molecule has 196 valence electrons. The SMILES string of the molecule is OC1c2ccccc2N=C(c2cccc(-c3nc(-c4ccccc4)cc(-c4ccccc4)n3)c2)N1c1ccccc1. The molecule has 0 amide bonds. The molecular formula is C36H26N4O. The van der Waals surface area contributed by atoms with Gasteiger partial charge in [-0.2, -0.15) is 0 Å². The molecule has 0 radical (unpaired) electrons. The highest BCUT2D eigenvalue weighted by molar-refractivity contribution is 6.13. The number of hydrogen-bond donors (Lipinski definition) is 1. The van der Waals surface area contributed by atoms with E-state index in [-0.39, 0.29) is 0 Å². The van der Waals surface area contributed by atoms with Crippen LogP contribution >= 0.6 is 0 Å². The van der Waals surface area contributed by atoms with E-state index in [1.54, 1.807) is 0 Å². The average molecular weight is 531 g/mol. The van der Waals surface area contributed by atoms with Gasteiger partial charge in [0.05, 0.1) is 17.1 Å². The first-order valence-electron chi connectivity index (χ1n) is 13.6. The molecule has 1 aliphatic rings. The Morgan fingerprint density at radius 3 is 1.71 bits per heavy atom. The lowest BCUT2D eigenvalue weighted by Gasteiger charge is -2.35. The minimum absolute atomic E-state index is 0.621. The maximum Gasteiger partial charge on any atom is 0.160 e. The summed E-state index contributed by atoms with van der Waals surface area (Å²) in [6.45, 7) is 0. The molecule has 5 heteroatoms. The van der Waals surface area contributed by atoms with Crippen molar-refractivity contribution in [3.8, 4) is 33.9 Å². The zero-order valence-corrected chi connectivity index (χ0v) is 22.2. The zero-order valence-electron chi connectivity index (χ0n) is 22.2. The maximum atomic E-state index is 11.5. The van der Waals surface area contributed by atoms with Crippen LogP contribution in [-0.2, 0) is 0 Å². The van der Waals surface area contributed by atoms with Crippen LogP contribution in [-0.4, -0.2) is 20.9 Å². The summed E-state index contributed by atoms with van der Waals surface area (Å²) in [6, 6.07) is 48.0. The van der Waals surface area contributed by atoms with Crippen LogP contribution in [0.1, 0.15) is 17.4 Å². The monoisotopic (exact) mass is 530 g/mol. The number of benzene rings is 5. The maximum absolute atomic E-state index is 11.5. The van der Waals surface area contributed by atoms with Gasteiger partial charge in [0.25, 0.3) is 0 Å². The molecule has 5 aromatic carbocycles. The molecule has 0 saturated heterocycles. The fourth-order valence-corrected chi connectivity index (χ4v) is 5.17. The molecule has 1 N–H and O–H groups in total. The highest BCUT2D eigenvalue weighted by Crippen LogP contribution is 2.38. The molecular weight excluding hydrogens is 504 g/mol. The Hall–Kier alpha value is -5.39. The molecule has 0 aliphatic carbocycles. The lowest BCUT2D eigenvalue weighted by molar-refractivity contribution is 0.187. The van der Waals surface area contributed by atoms with Crippen molar-refractivity contribution < 1.29 is 5.11 Å². The molecule has 6 aromatic rings. The number of anilines is 1. The fraction of sp³-hybridized carbons (Fsp3) is 0.0278. The van der Waals surface area contributed by atoms with Gasteiger partial charge in [0.15, 0.2) is 12.1 Å². The molecule has 5 nitrogen and oxygen atoms in total. The molecule has 7 rings (SSSR count). The summed E-state index contributed by atoms with van der Waals surface area (Å²) in [5, 5.41) is 11.5. The van der Waals surface area contributed by atoms with Crippen LogP contribution in [0.3, 0.4) is 0 Å². The van der Waals surface area contributed by atoms with E-state index in [4.69, 9.17) is 15.0 Å². The molecule has 0 fully saturated rings. The Morgan fingerprint density at radius 1 is 0.512 bits per heavy atom. The predicted octanol–water partition coefficient (Wildman–Crippen LogP) is 8.07. The van der Waals surface area contributed by atoms with Crippen LogP contribution < -0.4 is 4.90 Å². The smallest absolute Gasteiger partial charge is 0.160 e. The van der Waals surface area contributed by atoms with Crippen molar-refractivity contribution in [3.63, 3.8) is 0 Å². The normalized spacial score (nSPS) is 14.3. The first-order chi connectivity index (χ1) is 20.2. The number of aromatic nitrogens is 2. The highest BCUT2D eigenvalue weighted by Gasteiger charge is 2.30. The lowest BCUT2D eigenvalue weighted by Crippen LogP contribution is -2.37. The lowest BCUT2D eigenvalue weighted by atomic mass is 10.0. The van der Waals surface area contributed by atoms with Gasteiger partial charge < -0.3 is 5.11 Å². The van der Waals surface area contributed by atoms with Crippen LogP contribution in [0.4, 0.5) is 11.4 Å². The van der Waals surface area contributed by atoms with Gasteiger partial charge in [-0.1, -0.05) is 115 Å². The molecule has 2 heterocycles. The van der Waals surface area contributed by atoms with Crippen LogP contribution in [0.15, 0.2) is 151 Å². The Morgan fingerprint density at radius 2 is 1.05 bits per heavy atom. The quantitative estimate of drug-likeness (QED) is 0.245. The molecule has 1 aliphatic heterocycles. The van der Waals surface area contributed by atoms with E-state index >= 15 is 0 Å². The number of aliphatic hydroxyl groups excluding tert-OH is 1. The second-order valence-electron chi connectivity index (χ2n) is 9.85. The molecule has 1 aromatic heterocycles. The van der Waals surface area contributed by atoms with Crippen LogP contribution in [0.25, 0.3) is 33.9 Å². The third-order valence-electron chi connectivity index (χ3n) is 7.19. The summed E-state index contributed by atoms with van der Waals surface area (Å²) < 4.78 is 0. The second-order valence-corrected chi connectivity index (χ2v) is 9.85.